The quantitative estimate of drug-likeness (QED) is 0.473. The van der Waals surface area contributed by atoms with Gasteiger partial charge < -0.3 is 0 Å². The molecule has 0 spiro atoms. The first-order valence-corrected chi connectivity index (χ1v) is 11.9. The van der Waals surface area contributed by atoms with Crippen LogP contribution >= 0.6 is 0 Å². The van der Waals surface area contributed by atoms with Crippen molar-refractivity contribution in [3.05, 3.63) is 12.7 Å². The Hall–Kier alpha value is 0.723. The lowest BCUT2D eigenvalue weighted by atomic mass is 10.2. The molecule has 14 heavy (non-hydrogen) atoms. The average Bonchev–Trinajstić information content (AvgIpc) is 2.13. The Morgan fingerprint density at radius 2 is 2.07 bits per heavy atom. The molecule has 1 aliphatic heterocycles. The summed E-state index contributed by atoms with van der Waals surface area (Å²) in [7, 11) is -0.694. The van der Waals surface area contributed by atoms with E-state index in [1.165, 1.54) is 23.8 Å². The van der Waals surface area contributed by atoms with Crippen molar-refractivity contribution in [3.63, 3.8) is 0 Å². The smallest absolute Gasteiger partial charge is 0.157 e. The molecule has 1 fully saturated rings. The van der Waals surface area contributed by atoms with Crippen LogP contribution in [0.25, 0.3) is 0 Å². The van der Waals surface area contributed by atoms with Gasteiger partial charge >= 0.3 is 20.4 Å². The fraction of sp³-hybridized carbons (Fsp3) is 0.833. The molecule has 0 N–H and O–H groups in total. The first-order chi connectivity index (χ1) is 6.54. The second-order valence-corrected chi connectivity index (χ2v) is 12.3. The minimum absolute atomic E-state index is 0.296. The van der Waals surface area contributed by atoms with Gasteiger partial charge in [-0.1, -0.05) is 45.3 Å². The third-order valence-electron chi connectivity index (χ3n) is 3.54. The minimum Gasteiger partial charge on any atom is -0.157 e. The van der Waals surface area contributed by atoms with Gasteiger partial charge in [-0.2, -0.15) is 5.05 Å². The number of rotatable bonds is 2. The molecule has 1 heterocycles. The van der Waals surface area contributed by atoms with E-state index in [0.29, 0.717) is 20.4 Å². The van der Waals surface area contributed by atoms with Gasteiger partial charge in [-0.3, -0.25) is 0 Å². The Bertz CT molecular complexity index is 154. The van der Waals surface area contributed by atoms with Gasteiger partial charge in [-0.25, -0.2) is 0 Å². The SMILES string of the molecule is C=C[CH2][Mg][CH3].CC1CCCC[Si]1(C)C. The maximum atomic E-state index is 3.59. The zero-order chi connectivity index (χ0) is 11.0. The summed E-state index contributed by atoms with van der Waals surface area (Å²) in [4.78, 5) is 0. The highest BCUT2D eigenvalue weighted by atomic mass is 28.3. The molecule has 0 aliphatic carbocycles. The zero-order valence-corrected chi connectivity index (χ0v) is 13.0. The van der Waals surface area contributed by atoms with Crippen molar-refractivity contribution in [2.75, 3.05) is 0 Å². The van der Waals surface area contributed by atoms with E-state index in [1.54, 1.807) is 6.04 Å². The van der Waals surface area contributed by atoms with Gasteiger partial charge in [0.25, 0.3) is 0 Å². The Balaban J connectivity index is 0.000000292. The fourth-order valence-electron chi connectivity index (χ4n) is 1.87. The van der Waals surface area contributed by atoms with E-state index < -0.39 is 8.07 Å². The summed E-state index contributed by atoms with van der Waals surface area (Å²) in [6.07, 6.45) is 6.52. The molecule has 2 heteroatoms. The molecule has 0 bridgehead atoms. The van der Waals surface area contributed by atoms with Crippen LogP contribution < -0.4 is 0 Å². The Morgan fingerprint density at radius 3 is 2.29 bits per heavy atom. The van der Waals surface area contributed by atoms with Crippen molar-refractivity contribution in [2.24, 2.45) is 0 Å². The van der Waals surface area contributed by atoms with Crippen LogP contribution in [0, 0.1) is 0 Å². The largest absolute Gasteiger partial charge is 0.365 e. The second kappa shape index (κ2) is 7.94. The zero-order valence-electron chi connectivity index (χ0n) is 10.6. The van der Waals surface area contributed by atoms with Crippen molar-refractivity contribution in [3.8, 4) is 0 Å². The van der Waals surface area contributed by atoms with Crippen molar-refractivity contribution in [1.29, 1.82) is 0 Å². The van der Waals surface area contributed by atoms with Crippen LogP contribution in [0.4, 0.5) is 0 Å². The third kappa shape index (κ3) is 6.25. The van der Waals surface area contributed by atoms with Crippen LogP contribution in [0.5, 0.6) is 0 Å². The lowest BCUT2D eigenvalue weighted by Gasteiger charge is -2.34. The molecule has 0 aromatic rings. The Morgan fingerprint density at radius 1 is 1.43 bits per heavy atom. The maximum Gasteiger partial charge on any atom is 0.365 e. The third-order valence-corrected chi connectivity index (χ3v) is 9.12. The van der Waals surface area contributed by atoms with Crippen molar-refractivity contribution in [2.45, 2.75) is 60.5 Å². The van der Waals surface area contributed by atoms with Crippen LogP contribution in [0.2, 0.25) is 34.3 Å². The van der Waals surface area contributed by atoms with Crippen LogP contribution in [-0.4, -0.2) is 28.4 Å². The second-order valence-electron chi connectivity index (χ2n) is 5.21. The molecule has 1 saturated heterocycles. The molecule has 0 nitrogen and oxygen atoms in total. The van der Waals surface area contributed by atoms with E-state index in [-0.39, 0.29) is 0 Å². The molecular formula is C12H26MgSi. The average molecular weight is 223 g/mol. The highest BCUT2D eigenvalue weighted by molar-refractivity contribution is 6.78. The minimum atomic E-state index is -0.694. The number of hydrogen-bond donors (Lipinski definition) is 0. The molecule has 0 radical (unpaired) electrons. The van der Waals surface area contributed by atoms with E-state index in [0.717, 1.165) is 5.54 Å². The van der Waals surface area contributed by atoms with Gasteiger partial charge in [-0.05, 0) is 5.54 Å². The molecule has 1 unspecified atom stereocenters. The van der Waals surface area contributed by atoms with Crippen molar-refractivity contribution >= 4 is 28.4 Å². The summed E-state index contributed by atoms with van der Waals surface area (Å²) >= 11 is 0.296. The van der Waals surface area contributed by atoms with Gasteiger partial charge in [-0.15, -0.1) is 17.2 Å². The predicted molar refractivity (Wildman–Crippen MR) is 72.2 cm³/mol. The lowest BCUT2D eigenvalue weighted by Crippen LogP contribution is -2.33. The number of allylic oxidation sites excluding steroid dienone is 1. The van der Waals surface area contributed by atoms with E-state index in [1.807, 2.05) is 6.08 Å². The summed E-state index contributed by atoms with van der Waals surface area (Å²) in [6.45, 7) is 11.1. The molecule has 0 aromatic carbocycles. The van der Waals surface area contributed by atoms with E-state index in [9.17, 15) is 0 Å². The summed E-state index contributed by atoms with van der Waals surface area (Å²) in [5.74, 6) is 0. The fourth-order valence-corrected chi connectivity index (χ4v) is 4.92. The van der Waals surface area contributed by atoms with Gasteiger partial charge in [0.2, 0.25) is 0 Å². The summed E-state index contributed by atoms with van der Waals surface area (Å²) in [5, 5.41) is 2.28. The number of hydrogen-bond acceptors (Lipinski definition) is 0. The molecule has 0 aromatic heterocycles. The molecule has 0 saturated carbocycles. The molecule has 0 amide bonds. The summed E-state index contributed by atoms with van der Waals surface area (Å²) in [5.41, 5.74) is 1.09. The Labute approximate surface area is 101 Å². The molecule has 1 atom stereocenters. The van der Waals surface area contributed by atoms with Gasteiger partial charge in [0, 0.05) is 0 Å². The van der Waals surface area contributed by atoms with Gasteiger partial charge in [0.05, 0.1) is 8.07 Å². The van der Waals surface area contributed by atoms with Crippen molar-refractivity contribution < 1.29 is 0 Å². The van der Waals surface area contributed by atoms with Crippen LogP contribution in [-0.2, 0) is 0 Å². The highest BCUT2D eigenvalue weighted by Gasteiger charge is 2.30. The van der Waals surface area contributed by atoms with E-state index in [4.69, 9.17) is 0 Å². The molecule has 80 valence electrons. The Kier molecular flexibility index (Phi) is 8.35. The molecule has 1 aliphatic rings. The molecular weight excluding hydrogens is 197 g/mol. The normalized spacial score (nSPS) is 24.1. The topological polar surface area (TPSA) is 0 Å². The lowest BCUT2D eigenvalue weighted by molar-refractivity contribution is 0.635. The summed E-state index contributed by atoms with van der Waals surface area (Å²) < 4.78 is 1.29. The van der Waals surface area contributed by atoms with Crippen LogP contribution in [0.1, 0.15) is 26.2 Å². The van der Waals surface area contributed by atoms with Crippen LogP contribution in [0.3, 0.4) is 0 Å². The maximum absolute atomic E-state index is 3.59. The standard InChI is InChI=1S/C8H18Si.C3H5.CH3.Mg/c1-8-6-4-5-7-9(8,2)3;1-3-2;;/h8H,4-7H2,1-3H3;3H,1-2H2;1H3;. The summed E-state index contributed by atoms with van der Waals surface area (Å²) in [6, 6.07) is 1.58. The van der Waals surface area contributed by atoms with Crippen molar-refractivity contribution in [1.82, 2.24) is 0 Å². The predicted octanol–water partition coefficient (Wildman–Crippen LogP) is 4.61. The monoisotopic (exact) mass is 222 g/mol. The van der Waals surface area contributed by atoms with E-state index >= 15 is 0 Å². The van der Waals surface area contributed by atoms with Gasteiger partial charge in [0.15, 0.2) is 0 Å². The van der Waals surface area contributed by atoms with E-state index in [2.05, 4.69) is 31.6 Å². The molecule has 1 rings (SSSR count). The van der Waals surface area contributed by atoms with Crippen LogP contribution in [0.15, 0.2) is 12.7 Å². The highest BCUT2D eigenvalue weighted by Crippen LogP contribution is 2.36. The van der Waals surface area contributed by atoms with Gasteiger partial charge in [0.1, 0.15) is 0 Å². The first-order valence-electron chi connectivity index (χ1n) is 6.15. The first kappa shape index (κ1) is 14.7.